The smallest absolute Gasteiger partial charge is 0.124 e. The summed E-state index contributed by atoms with van der Waals surface area (Å²) >= 11 is 3.54. The summed E-state index contributed by atoms with van der Waals surface area (Å²) in [6.07, 6.45) is 4.06. The maximum absolute atomic E-state index is 5.73. The second-order valence-corrected chi connectivity index (χ2v) is 6.30. The molecule has 112 valence electrons. The summed E-state index contributed by atoms with van der Waals surface area (Å²) in [5, 5.41) is 8.15. The minimum absolute atomic E-state index is 0.330. The van der Waals surface area contributed by atoms with E-state index in [9.17, 15) is 0 Å². The minimum atomic E-state index is 0.330. The second-order valence-electron chi connectivity index (χ2n) is 5.38. The number of fused-ring (bicyclic) bond motifs is 1. The van der Waals surface area contributed by atoms with Gasteiger partial charge in [-0.2, -0.15) is 5.10 Å². The van der Waals surface area contributed by atoms with Crippen LogP contribution in [0.3, 0.4) is 0 Å². The van der Waals surface area contributed by atoms with Crippen LogP contribution in [0.15, 0.2) is 28.9 Å². The highest BCUT2D eigenvalue weighted by Gasteiger charge is 2.21. The molecule has 3 rings (SSSR count). The highest BCUT2D eigenvalue weighted by Crippen LogP contribution is 2.34. The Hall–Kier alpha value is -1.33. The molecule has 0 aliphatic carbocycles. The summed E-state index contributed by atoms with van der Waals surface area (Å²) < 4.78 is 8.72. The molecule has 2 heterocycles. The first-order valence-electron chi connectivity index (χ1n) is 7.34. The van der Waals surface area contributed by atoms with Gasteiger partial charge in [-0.25, -0.2) is 0 Å². The van der Waals surface area contributed by atoms with Gasteiger partial charge in [0.25, 0.3) is 0 Å². The van der Waals surface area contributed by atoms with Crippen LogP contribution >= 0.6 is 15.9 Å². The predicted molar refractivity (Wildman–Crippen MR) is 86.4 cm³/mol. The standard InChI is InChI=1S/C16H20BrN3O/c1-3-14-11(10-20(2)19-14)9-18-15-6-7-21-16-5-4-12(17)8-13(15)16/h4-5,8,10,15,18H,3,6-7,9H2,1-2H3. The first-order valence-corrected chi connectivity index (χ1v) is 8.13. The Kier molecular flexibility index (Phi) is 4.31. The zero-order valence-electron chi connectivity index (χ0n) is 12.4. The molecule has 1 N–H and O–H groups in total. The molecule has 1 aliphatic heterocycles. The third-order valence-corrected chi connectivity index (χ3v) is 4.37. The lowest BCUT2D eigenvalue weighted by molar-refractivity contribution is 0.252. The van der Waals surface area contributed by atoms with Crippen molar-refractivity contribution in [2.24, 2.45) is 7.05 Å². The van der Waals surface area contributed by atoms with Crippen molar-refractivity contribution in [3.8, 4) is 5.75 Å². The highest BCUT2D eigenvalue weighted by atomic mass is 79.9. The average Bonchev–Trinajstić information content (AvgIpc) is 2.85. The molecule has 0 saturated heterocycles. The summed E-state index contributed by atoms with van der Waals surface area (Å²) in [5.74, 6) is 0.990. The number of rotatable bonds is 4. The van der Waals surface area contributed by atoms with Crippen LogP contribution in [0, 0.1) is 0 Å². The molecule has 0 saturated carbocycles. The van der Waals surface area contributed by atoms with Gasteiger partial charge < -0.3 is 10.1 Å². The molecule has 1 unspecified atom stereocenters. The van der Waals surface area contributed by atoms with Gasteiger partial charge in [-0.05, 0) is 24.6 Å². The summed E-state index contributed by atoms with van der Waals surface area (Å²) in [6, 6.07) is 6.54. The van der Waals surface area contributed by atoms with Crippen molar-refractivity contribution in [2.75, 3.05) is 6.61 Å². The van der Waals surface area contributed by atoms with Crippen LogP contribution in [-0.2, 0) is 20.0 Å². The number of nitrogens with one attached hydrogen (secondary N) is 1. The van der Waals surface area contributed by atoms with Gasteiger partial charge in [-0.3, -0.25) is 4.68 Å². The van der Waals surface area contributed by atoms with E-state index in [-0.39, 0.29) is 0 Å². The predicted octanol–water partition coefficient (Wildman–Crippen LogP) is 3.36. The van der Waals surface area contributed by atoms with E-state index in [0.717, 1.165) is 36.2 Å². The van der Waals surface area contributed by atoms with Gasteiger partial charge in [0.1, 0.15) is 5.75 Å². The van der Waals surface area contributed by atoms with Gasteiger partial charge >= 0.3 is 0 Å². The van der Waals surface area contributed by atoms with Crippen molar-refractivity contribution in [2.45, 2.75) is 32.4 Å². The van der Waals surface area contributed by atoms with E-state index in [0.29, 0.717) is 6.04 Å². The van der Waals surface area contributed by atoms with Gasteiger partial charge in [0, 0.05) is 47.9 Å². The Morgan fingerprint density at radius 1 is 1.48 bits per heavy atom. The summed E-state index contributed by atoms with van der Waals surface area (Å²) in [6.45, 7) is 3.75. The Bertz CT molecular complexity index is 638. The number of halogens is 1. The van der Waals surface area contributed by atoms with Crippen molar-refractivity contribution in [1.29, 1.82) is 0 Å². The molecule has 1 aliphatic rings. The molecule has 0 bridgehead atoms. The first kappa shape index (κ1) is 14.6. The van der Waals surface area contributed by atoms with E-state index in [2.05, 4.69) is 45.5 Å². The summed E-state index contributed by atoms with van der Waals surface area (Å²) in [7, 11) is 1.98. The molecular weight excluding hydrogens is 330 g/mol. The van der Waals surface area contributed by atoms with Gasteiger partial charge in [-0.1, -0.05) is 22.9 Å². The van der Waals surface area contributed by atoms with Gasteiger partial charge in [0.2, 0.25) is 0 Å². The van der Waals surface area contributed by atoms with Gasteiger partial charge in [-0.15, -0.1) is 0 Å². The normalized spacial score (nSPS) is 17.4. The van der Waals surface area contributed by atoms with E-state index >= 15 is 0 Å². The van der Waals surface area contributed by atoms with Crippen LogP contribution < -0.4 is 10.1 Å². The van der Waals surface area contributed by atoms with Crippen LogP contribution in [0.5, 0.6) is 5.75 Å². The molecule has 0 amide bonds. The molecular formula is C16H20BrN3O. The molecule has 5 heteroatoms. The molecule has 1 atom stereocenters. The van der Waals surface area contributed by atoms with Gasteiger partial charge in [0.15, 0.2) is 0 Å². The molecule has 21 heavy (non-hydrogen) atoms. The SMILES string of the molecule is CCc1nn(C)cc1CNC1CCOc2ccc(Br)cc21. The fourth-order valence-electron chi connectivity index (χ4n) is 2.84. The number of aryl methyl sites for hydroxylation is 2. The number of ether oxygens (including phenoxy) is 1. The fraction of sp³-hybridized carbons (Fsp3) is 0.438. The average molecular weight is 350 g/mol. The van der Waals surface area contributed by atoms with Crippen LogP contribution in [0.25, 0.3) is 0 Å². The lowest BCUT2D eigenvalue weighted by Crippen LogP contribution is -2.27. The van der Waals surface area contributed by atoms with Crippen LogP contribution in [0.2, 0.25) is 0 Å². The maximum atomic E-state index is 5.73. The van der Waals surface area contributed by atoms with Crippen LogP contribution in [0.4, 0.5) is 0 Å². The molecule has 0 radical (unpaired) electrons. The number of hydrogen-bond donors (Lipinski definition) is 1. The van der Waals surface area contributed by atoms with E-state index in [1.807, 2.05) is 23.9 Å². The molecule has 0 fully saturated rings. The third kappa shape index (κ3) is 3.14. The molecule has 0 spiro atoms. The largest absolute Gasteiger partial charge is 0.493 e. The number of hydrogen-bond acceptors (Lipinski definition) is 3. The molecule has 4 nitrogen and oxygen atoms in total. The van der Waals surface area contributed by atoms with E-state index in [1.54, 1.807) is 0 Å². The Morgan fingerprint density at radius 2 is 2.33 bits per heavy atom. The lowest BCUT2D eigenvalue weighted by Gasteiger charge is -2.27. The van der Waals surface area contributed by atoms with E-state index in [1.165, 1.54) is 16.8 Å². The van der Waals surface area contributed by atoms with Crippen molar-refractivity contribution in [3.63, 3.8) is 0 Å². The molecule has 1 aromatic carbocycles. The zero-order valence-corrected chi connectivity index (χ0v) is 14.0. The number of aromatic nitrogens is 2. The Balaban J connectivity index is 1.76. The summed E-state index contributed by atoms with van der Waals surface area (Å²) in [4.78, 5) is 0. The number of nitrogens with zero attached hydrogens (tertiary/aromatic N) is 2. The third-order valence-electron chi connectivity index (χ3n) is 3.88. The Morgan fingerprint density at radius 3 is 3.14 bits per heavy atom. The highest BCUT2D eigenvalue weighted by molar-refractivity contribution is 9.10. The quantitative estimate of drug-likeness (QED) is 0.919. The van der Waals surface area contributed by atoms with Crippen molar-refractivity contribution in [1.82, 2.24) is 15.1 Å². The van der Waals surface area contributed by atoms with Crippen molar-refractivity contribution < 1.29 is 4.74 Å². The Labute approximate surface area is 133 Å². The topological polar surface area (TPSA) is 39.1 Å². The summed E-state index contributed by atoms with van der Waals surface area (Å²) in [5.41, 5.74) is 3.69. The second kappa shape index (κ2) is 6.20. The van der Waals surface area contributed by atoms with E-state index in [4.69, 9.17) is 4.74 Å². The maximum Gasteiger partial charge on any atom is 0.124 e. The molecule has 1 aromatic heterocycles. The van der Waals surface area contributed by atoms with Crippen molar-refractivity contribution >= 4 is 15.9 Å². The van der Waals surface area contributed by atoms with Gasteiger partial charge in [0.05, 0.1) is 12.3 Å². The minimum Gasteiger partial charge on any atom is -0.493 e. The monoisotopic (exact) mass is 349 g/mol. The van der Waals surface area contributed by atoms with Crippen molar-refractivity contribution in [3.05, 3.63) is 45.7 Å². The first-order chi connectivity index (χ1) is 10.2. The fourth-order valence-corrected chi connectivity index (χ4v) is 3.22. The lowest BCUT2D eigenvalue weighted by atomic mass is 10.0. The van der Waals surface area contributed by atoms with Crippen LogP contribution in [0.1, 0.15) is 36.2 Å². The zero-order chi connectivity index (χ0) is 14.8. The van der Waals surface area contributed by atoms with E-state index < -0.39 is 0 Å². The number of benzene rings is 1. The van der Waals surface area contributed by atoms with Crippen LogP contribution in [-0.4, -0.2) is 16.4 Å². The molecule has 2 aromatic rings.